The largest absolute Gasteiger partial charge is 0.359 e. The van der Waals surface area contributed by atoms with Crippen LogP contribution in [0.4, 0.5) is 0 Å². The number of allylic oxidation sites excluding steroid dienone is 4. The topological polar surface area (TPSA) is 87.0 Å². The molecule has 0 saturated heterocycles. The standard InChI is InChI=1S/C32H44N2O3/c1-28(2)15-20-19(21(16-28)27(37)34-8)9-11-32(7)25(20)22(35)13-24-30(5)14-18(17-33)26(36)29(3,4)23(30)10-12-31(24,32)6/h13-14,19-21,23,25H,9-12,15-16H2,1-8H3,(H,34,37)/t19?,20-,21+,23?,25-,30-,31+,32+/m0/s1. The number of rotatable bonds is 1. The van der Waals surface area contributed by atoms with Crippen LogP contribution < -0.4 is 5.32 Å². The fraction of sp³-hybridized carbons (Fsp3) is 0.750. The average molecular weight is 505 g/mol. The van der Waals surface area contributed by atoms with Gasteiger partial charge in [-0.25, -0.2) is 0 Å². The molecular weight excluding hydrogens is 460 g/mol. The second kappa shape index (κ2) is 7.90. The van der Waals surface area contributed by atoms with E-state index in [1.54, 1.807) is 7.05 Å². The molecule has 2 unspecified atom stereocenters. The van der Waals surface area contributed by atoms with Crippen LogP contribution in [0.3, 0.4) is 0 Å². The van der Waals surface area contributed by atoms with E-state index in [-0.39, 0.29) is 68.9 Å². The molecule has 3 saturated carbocycles. The third-order valence-electron chi connectivity index (χ3n) is 12.3. The van der Waals surface area contributed by atoms with Gasteiger partial charge in [-0.1, -0.05) is 60.1 Å². The Balaban J connectivity index is 1.66. The summed E-state index contributed by atoms with van der Waals surface area (Å²) in [7, 11) is 1.73. The molecular formula is C32H44N2O3. The summed E-state index contributed by atoms with van der Waals surface area (Å²) < 4.78 is 0. The Morgan fingerprint density at radius 1 is 1.00 bits per heavy atom. The molecule has 0 aliphatic heterocycles. The van der Waals surface area contributed by atoms with Crippen LogP contribution in [0.15, 0.2) is 23.3 Å². The number of fused-ring (bicyclic) bond motifs is 7. The summed E-state index contributed by atoms with van der Waals surface area (Å²) in [5.74, 6) is 0.564. The summed E-state index contributed by atoms with van der Waals surface area (Å²) in [5, 5.41) is 12.8. The predicted octanol–water partition coefficient (Wildman–Crippen LogP) is 5.81. The number of nitrogens with one attached hydrogen (secondary N) is 1. The Morgan fingerprint density at radius 2 is 1.68 bits per heavy atom. The third-order valence-corrected chi connectivity index (χ3v) is 12.3. The monoisotopic (exact) mass is 504 g/mol. The van der Waals surface area contributed by atoms with E-state index in [0.717, 1.165) is 44.1 Å². The van der Waals surface area contributed by atoms with Gasteiger partial charge in [0.1, 0.15) is 6.07 Å². The molecule has 1 N–H and O–H groups in total. The highest BCUT2D eigenvalue weighted by Crippen LogP contribution is 2.73. The van der Waals surface area contributed by atoms with Gasteiger partial charge in [-0.15, -0.1) is 0 Å². The van der Waals surface area contributed by atoms with Crippen LogP contribution in [0, 0.1) is 68.0 Å². The Labute approximate surface area is 222 Å². The zero-order chi connectivity index (χ0) is 27.3. The van der Waals surface area contributed by atoms with Crippen molar-refractivity contribution < 1.29 is 14.4 Å². The molecule has 5 aliphatic rings. The number of nitriles is 1. The highest BCUT2D eigenvalue weighted by Gasteiger charge is 2.68. The second-order valence-corrected chi connectivity index (χ2v) is 14.9. The van der Waals surface area contributed by atoms with Gasteiger partial charge in [-0.05, 0) is 78.6 Å². The first-order valence-electron chi connectivity index (χ1n) is 14.2. The zero-order valence-corrected chi connectivity index (χ0v) is 24.0. The van der Waals surface area contributed by atoms with Crippen LogP contribution in [0.2, 0.25) is 0 Å². The number of hydrogen-bond acceptors (Lipinski definition) is 4. The minimum Gasteiger partial charge on any atom is -0.359 e. The molecule has 8 atom stereocenters. The SMILES string of the molecule is CNC(=O)[C@@H]1CC(C)(C)C[C@H]2C1CC[C@]1(C)[C@@H]2C(=O)C=C2[C@@]3(C)C=C(C#N)C(=O)C(C)(C)C3CC[C@]21C. The third kappa shape index (κ3) is 3.29. The maximum absolute atomic E-state index is 14.3. The van der Waals surface area contributed by atoms with Crippen molar-refractivity contribution in [1.29, 1.82) is 5.26 Å². The molecule has 0 aromatic heterocycles. The molecule has 0 aromatic rings. The molecule has 200 valence electrons. The van der Waals surface area contributed by atoms with Crippen molar-refractivity contribution in [1.82, 2.24) is 5.32 Å². The van der Waals surface area contributed by atoms with Gasteiger partial charge in [0.25, 0.3) is 0 Å². The van der Waals surface area contributed by atoms with Crippen LogP contribution in [0.25, 0.3) is 0 Å². The number of carbonyl (C=O) groups excluding carboxylic acids is 3. The van der Waals surface area contributed by atoms with Crippen molar-refractivity contribution in [3.05, 3.63) is 23.3 Å². The molecule has 0 radical (unpaired) electrons. The molecule has 5 rings (SSSR count). The zero-order valence-electron chi connectivity index (χ0n) is 24.0. The van der Waals surface area contributed by atoms with Crippen molar-refractivity contribution in [2.24, 2.45) is 56.7 Å². The van der Waals surface area contributed by atoms with Crippen LogP contribution in [-0.2, 0) is 14.4 Å². The first-order valence-corrected chi connectivity index (χ1v) is 14.2. The Kier molecular flexibility index (Phi) is 5.64. The van der Waals surface area contributed by atoms with E-state index in [0.29, 0.717) is 0 Å². The van der Waals surface area contributed by atoms with Gasteiger partial charge in [-0.2, -0.15) is 5.26 Å². The van der Waals surface area contributed by atoms with E-state index in [1.807, 2.05) is 26.0 Å². The van der Waals surface area contributed by atoms with Gasteiger partial charge in [0.05, 0.1) is 5.57 Å². The summed E-state index contributed by atoms with van der Waals surface area (Å²) in [6.45, 7) is 15.3. The summed E-state index contributed by atoms with van der Waals surface area (Å²) in [4.78, 5) is 40.5. The predicted molar refractivity (Wildman–Crippen MR) is 143 cm³/mol. The fourth-order valence-corrected chi connectivity index (χ4v) is 10.4. The van der Waals surface area contributed by atoms with E-state index in [2.05, 4.69) is 46.0 Å². The van der Waals surface area contributed by atoms with Crippen LogP contribution in [0.1, 0.15) is 87.0 Å². The van der Waals surface area contributed by atoms with E-state index >= 15 is 0 Å². The number of nitrogens with zero attached hydrogens (tertiary/aromatic N) is 1. The lowest BCUT2D eigenvalue weighted by Gasteiger charge is -2.68. The molecule has 0 bridgehead atoms. The molecule has 37 heavy (non-hydrogen) atoms. The Bertz CT molecular complexity index is 1180. The highest BCUT2D eigenvalue weighted by molar-refractivity contribution is 6.04. The van der Waals surface area contributed by atoms with E-state index in [9.17, 15) is 19.6 Å². The quantitative estimate of drug-likeness (QED) is 0.488. The number of hydrogen-bond donors (Lipinski definition) is 1. The van der Waals surface area contributed by atoms with E-state index < -0.39 is 10.8 Å². The van der Waals surface area contributed by atoms with Crippen LogP contribution in [0.5, 0.6) is 0 Å². The van der Waals surface area contributed by atoms with Crippen molar-refractivity contribution >= 4 is 17.5 Å². The fourth-order valence-electron chi connectivity index (χ4n) is 10.4. The molecule has 3 fully saturated rings. The lowest BCUT2D eigenvalue weighted by atomic mass is 9.35. The lowest BCUT2D eigenvalue weighted by molar-refractivity contribution is -0.164. The summed E-state index contributed by atoms with van der Waals surface area (Å²) in [6, 6.07) is 2.18. The molecule has 5 aliphatic carbocycles. The first kappa shape index (κ1) is 26.4. The summed E-state index contributed by atoms with van der Waals surface area (Å²) >= 11 is 0. The Hall–Kier alpha value is -2.22. The second-order valence-electron chi connectivity index (χ2n) is 14.9. The van der Waals surface area contributed by atoms with Gasteiger partial charge in [0.2, 0.25) is 5.91 Å². The first-order chi connectivity index (χ1) is 17.1. The maximum atomic E-state index is 14.3. The molecule has 0 spiro atoms. The molecule has 5 heteroatoms. The van der Waals surface area contributed by atoms with Crippen molar-refractivity contribution in [2.45, 2.75) is 87.0 Å². The van der Waals surface area contributed by atoms with Gasteiger partial charge in [-0.3, -0.25) is 14.4 Å². The number of amides is 1. The van der Waals surface area contributed by atoms with Gasteiger partial charge < -0.3 is 5.32 Å². The highest BCUT2D eigenvalue weighted by atomic mass is 16.2. The molecule has 5 nitrogen and oxygen atoms in total. The average Bonchev–Trinajstić information content (AvgIpc) is 2.81. The summed E-state index contributed by atoms with van der Waals surface area (Å²) in [6.07, 6.45) is 9.40. The molecule has 1 amide bonds. The Morgan fingerprint density at radius 3 is 2.30 bits per heavy atom. The molecule has 0 aromatic carbocycles. The smallest absolute Gasteiger partial charge is 0.223 e. The van der Waals surface area contributed by atoms with Gasteiger partial charge >= 0.3 is 0 Å². The van der Waals surface area contributed by atoms with Crippen LogP contribution >= 0.6 is 0 Å². The minimum absolute atomic E-state index is 0.00357. The normalized spacial score (nSPS) is 45.6. The minimum atomic E-state index is -0.649. The van der Waals surface area contributed by atoms with Crippen LogP contribution in [-0.4, -0.2) is 24.5 Å². The van der Waals surface area contributed by atoms with Crippen molar-refractivity contribution in [3.8, 4) is 6.07 Å². The van der Waals surface area contributed by atoms with Crippen molar-refractivity contribution in [2.75, 3.05) is 7.05 Å². The number of Topliss-reactive ketones (excluding diaryl/α,β-unsaturated/α-hetero) is 1. The van der Waals surface area contributed by atoms with Gasteiger partial charge in [0, 0.05) is 29.7 Å². The van der Waals surface area contributed by atoms with Crippen molar-refractivity contribution in [3.63, 3.8) is 0 Å². The lowest BCUT2D eigenvalue weighted by Crippen LogP contribution is -2.64. The molecule has 0 heterocycles. The summed E-state index contributed by atoms with van der Waals surface area (Å²) in [5.41, 5.74) is -0.223. The number of carbonyl (C=O) groups is 3. The number of ketones is 2. The van der Waals surface area contributed by atoms with Gasteiger partial charge in [0.15, 0.2) is 11.6 Å². The van der Waals surface area contributed by atoms with E-state index in [1.165, 1.54) is 0 Å². The van der Waals surface area contributed by atoms with E-state index in [4.69, 9.17) is 0 Å². The maximum Gasteiger partial charge on any atom is 0.223 e.